The van der Waals surface area contributed by atoms with Gasteiger partial charge in [-0.2, -0.15) is 0 Å². The van der Waals surface area contributed by atoms with Crippen molar-refractivity contribution in [3.63, 3.8) is 0 Å². The van der Waals surface area contributed by atoms with Gasteiger partial charge < -0.3 is 19.7 Å². The monoisotopic (exact) mass is 443 g/mol. The van der Waals surface area contributed by atoms with Gasteiger partial charge in [0.25, 0.3) is 0 Å². The molecular formula is C23H30BNO5S. The summed E-state index contributed by atoms with van der Waals surface area (Å²) in [5.41, 5.74) is 1.80. The number of hydrogen-bond acceptors (Lipinski definition) is 6. The van der Waals surface area contributed by atoms with Crippen molar-refractivity contribution in [2.45, 2.75) is 52.5 Å². The Kier molecular flexibility index (Phi) is 7.57. The third kappa shape index (κ3) is 5.19. The number of hydrogen-bond donors (Lipinski definition) is 2. The quantitative estimate of drug-likeness (QED) is 0.528. The molecule has 2 N–H and O–H groups in total. The fraction of sp³-hybridized carbons (Fsp3) is 0.478. The van der Waals surface area contributed by atoms with E-state index >= 15 is 0 Å². The van der Waals surface area contributed by atoms with Crippen molar-refractivity contribution >= 4 is 41.5 Å². The topological polar surface area (TPSA) is 87.1 Å². The molecule has 0 saturated heterocycles. The fourth-order valence-electron chi connectivity index (χ4n) is 4.12. The summed E-state index contributed by atoms with van der Waals surface area (Å²) in [6.07, 6.45) is 3.84. The molecule has 0 unspecified atom stereocenters. The number of ether oxygens (including phenoxy) is 1. The van der Waals surface area contributed by atoms with Gasteiger partial charge in [0.05, 0.1) is 12.8 Å². The van der Waals surface area contributed by atoms with Gasteiger partial charge >= 0.3 is 13.1 Å². The van der Waals surface area contributed by atoms with Crippen molar-refractivity contribution in [2.24, 2.45) is 11.8 Å². The van der Waals surface area contributed by atoms with Crippen molar-refractivity contribution in [1.29, 1.82) is 0 Å². The molecule has 3 rings (SSSR count). The molecule has 1 amide bonds. The zero-order valence-electron chi connectivity index (χ0n) is 18.5. The summed E-state index contributed by atoms with van der Waals surface area (Å²) in [5, 5.41) is 18.7. The second kappa shape index (κ2) is 9.98. The molecule has 1 saturated carbocycles. The van der Waals surface area contributed by atoms with Crippen LogP contribution in [0.2, 0.25) is 0 Å². The van der Waals surface area contributed by atoms with Crippen LogP contribution in [0.5, 0.6) is 0 Å². The van der Waals surface area contributed by atoms with Gasteiger partial charge in [-0.25, -0.2) is 4.79 Å². The number of carbonyl (C=O) groups is 2. The van der Waals surface area contributed by atoms with Crippen molar-refractivity contribution < 1.29 is 24.4 Å². The number of benzene rings is 1. The Hall–Kier alpha value is -2.16. The lowest BCUT2D eigenvalue weighted by Crippen LogP contribution is -2.42. The van der Waals surface area contributed by atoms with E-state index in [1.165, 1.54) is 18.4 Å². The molecule has 1 fully saturated rings. The van der Waals surface area contributed by atoms with Crippen molar-refractivity contribution in [2.75, 3.05) is 12.0 Å². The molecule has 1 aromatic heterocycles. The van der Waals surface area contributed by atoms with Crippen LogP contribution in [-0.4, -0.2) is 42.2 Å². The van der Waals surface area contributed by atoms with Gasteiger partial charge in [0.2, 0.25) is 5.91 Å². The third-order valence-electron chi connectivity index (χ3n) is 5.96. The zero-order valence-corrected chi connectivity index (χ0v) is 19.3. The highest BCUT2D eigenvalue weighted by atomic mass is 32.1. The number of carbonyl (C=O) groups excluding carboxylic acids is 2. The summed E-state index contributed by atoms with van der Waals surface area (Å²) < 4.78 is 5.01. The Morgan fingerprint density at radius 3 is 2.26 bits per heavy atom. The summed E-state index contributed by atoms with van der Waals surface area (Å²) in [4.78, 5) is 29.0. The molecule has 8 heteroatoms. The van der Waals surface area contributed by atoms with E-state index in [4.69, 9.17) is 4.74 Å². The van der Waals surface area contributed by atoms with E-state index in [-0.39, 0.29) is 17.9 Å². The molecule has 1 heterocycles. The molecule has 166 valence electrons. The van der Waals surface area contributed by atoms with Crippen LogP contribution in [0, 0.1) is 11.8 Å². The van der Waals surface area contributed by atoms with E-state index in [1.54, 1.807) is 29.2 Å². The lowest BCUT2D eigenvalue weighted by atomic mass is 9.80. The zero-order chi connectivity index (χ0) is 22.7. The molecule has 1 aliphatic rings. The van der Waals surface area contributed by atoms with E-state index in [0.29, 0.717) is 21.9 Å². The number of amides is 1. The Morgan fingerprint density at radius 1 is 1.13 bits per heavy atom. The van der Waals surface area contributed by atoms with Crippen LogP contribution in [0.1, 0.15) is 56.1 Å². The van der Waals surface area contributed by atoms with Crippen LogP contribution in [0.25, 0.3) is 10.4 Å². The first kappa shape index (κ1) is 23.5. The molecule has 0 aliphatic heterocycles. The summed E-state index contributed by atoms with van der Waals surface area (Å²) in [6, 6.07) is 8.57. The highest BCUT2D eigenvalue weighted by Crippen LogP contribution is 2.40. The minimum absolute atomic E-state index is 0.0298. The summed E-state index contributed by atoms with van der Waals surface area (Å²) in [7, 11) is -0.196. The van der Waals surface area contributed by atoms with Gasteiger partial charge in [0, 0.05) is 16.8 Å². The van der Waals surface area contributed by atoms with E-state index in [9.17, 15) is 19.6 Å². The molecule has 0 bridgehead atoms. The maximum absolute atomic E-state index is 13.5. The molecule has 0 radical (unpaired) electrons. The number of esters is 1. The van der Waals surface area contributed by atoms with Crippen molar-refractivity contribution in [3.05, 3.63) is 35.2 Å². The van der Waals surface area contributed by atoms with E-state index in [0.717, 1.165) is 36.1 Å². The van der Waals surface area contributed by atoms with Crippen LogP contribution in [0.4, 0.5) is 5.69 Å². The molecule has 0 spiro atoms. The fourth-order valence-corrected chi connectivity index (χ4v) is 5.19. The van der Waals surface area contributed by atoms with Crippen molar-refractivity contribution in [3.8, 4) is 10.4 Å². The second-order valence-corrected chi connectivity index (χ2v) is 9.62. The Labute approximate surface area is 188 Å². The van der Waals surface area contributed by atoms with Gasteiger partial charge in [0.15, 0.2) is 0 Å². The predicted octanol–water partition coefficient (Wildman–Crippen LogP) is 3.45. The molecule has 0 atom stereocenters. The minimum atomic E-state index is -1.54. The Bertz CT molecular complexity index is 917. The summed E-state index contributed by atoms with van der Waals surface area (Å²) >= 11 is 1.28. The van der Waals surface area contributed by atoms with E-state index < -0.39 is 13.1 Å². The number of methoxy groups -OCH3 is 1. The van der Waals surface area contributed by atoms with Gasteiger partial charge in [-0.05, 0) is 62.5 Å². The van der Waals surface area contributed by atoms with E-state index in [1.807, 2.05) is 19.9 Å². The summed E-state index contributed by atoms with van der Waals surface area (Å²) in [5.74, 6) is 0.215. The maximum atomic E-state index is 13.5. The SMILES string of the molecule is COC(=O)c1sc(-c2ccc(B(O)O)cc2)cc1N(C(=O)C1CCC(C)CC1)C(C)C. The molecular weight excluding hydrogens is 413 g/mol. The first-order valence-electron chi connectivity index (χ1n) is 10.7. The van der Waals surface area contributed by atoms with Crippen LogP contribution in [-0.2, 0) is 9.53 Å². The van der Waals surface area contributed by atoms with Crippen molar-refractivity contribution in [1.82, 2.24) is 0 Å². The molecule has 1 aromatic carbocycles. The maximum Gasteiger partial charge on any atom is 0.488 e. The molecule has 1 aliphatic carbocycles. The van der Waals surface area contributed by atoms with Gasteiger partial charge in [0.1, 0.15) is 4.88 Å². The van der Waals surface area contributed by atoms with Crippen LogP contribution in [0.15, 0.2) is 30.3 Å². The second-order valence-electron chi connectivity index (χ2n) is 8.57. The lowest BCUT2D eigenvalue weighted by Gasteiger charge is -2.33. The normalized spacial score (nSPS) is 18.7. The number of rotatable bonds is 6. The first-order chi connectivity index (χ1) is 14.7. The number of anilines is 1. The minimum Gasteiger partial charge on any atom is -0.465 e. The van der Waals surface area contributed by atoms with Crippen LogP contribution < -0.4 is 10.4 Å². The van der Waals surface area contributed by atoms with Gasteiger partial charge in [-0.1, -0.05) is 31.2 Å². The Morgan fingerprint density at radius 2 is 1.74 bits per heavy atom. The molecule has 31 heavy (non-hydrogen) atoms. The smallest absolute Gasteiger partial charge is 0.465 e. The van der Waals surface area contributed by atoms with Gasteiger partial charge in [-0.3, -0.25) is 4.79 Å². The number of thiophene rings is 1. The van der Waals surface area contributed by atoms with Crippen LogP contribution in [0.3, 0.4) is 0 Å². The standard InChI is InChI=1S/C23H30BNO5S/c1-14(2)25(22(26)17-7-5-15(3)6-8-17)19-13-20(31-21(19)23(27)30-4)16-9-11-18(12-10-16)24(28)29/h9-15,17,28-29H,5-8H2,1-4H3. The molecule has 6 nitrogen and oxygen atoms in total. The first-order valence-corrected chi connectivity index (χ1v) is 11.6. The number of nitrogens with zero attached hydrogens (tertiary/aromatic N) is 1. The molecule has 2 aromatic rings. The highest BCUT2D eigenvalue weighted by molar-refractivity contribution is 7.18. The largest absolute Gasteiger partial charge is 0.488 e. The van der Waals surface area contributed by atoms with Gasteiger partial charge in [-0.15, -0.1) is 11.3 Å². The Balaban J connectivity index is 2.00. The lowest BCUT2D eigenvalue weighted by molar-refractivity contribution is -0.123. The van der Waals surface area contributed by atoms with Crippen LogP contribution >= 0.6 is 11.3 Å². The average Bonchev–Trinajstić information content (AvgIpc) is 3.18. The highest BCUT2D eigenvalue weighted by Gasteiger charge is 2.33. The third-order valence-corrected chi connectivity index (χ3v) is 7.11. The average molecular weight is 443 g/mol. The summed E-state index contributed by atoms with van der Waals surface area (Å²) in [6.45, 7) is 6.14. The van der Waals surface area contributed by atoms with E-state index in [2.05, 4.69) is 6.92 Å². The predicted molar refractivity (Wildman–Crippen MR) is 125 cm³/mol.